The Hall–Kier alpha value is -4.39. The molecule has 0 unspecified atom stereocenters. The van der Waals surface area contributed by atoms with Crippen molar-refractivity contribution < 1.29 is 23.5 Å². The quantitative estimate of drug-likeness (QED) is 0.339. The number of aromatic nitrogens is 1. The highest BCUT2D eigenvalue weighted by Crippen LogP contribution is 2.37. The van der Waals surface area contributed by atoms with E-state index in [9.17, 15) is 9.59 Å². The lowest BCUT2D eigenvalue weighted by Gasteiger charge is -2.18. The van der Waals surface area contributed by atoms with Crippen molar-refractivity contribution in [2.75, 3.05) is 20.8 Å². The lowest BCUT2D eigenvalue weighted by Crippen LogP contribution is -2.31. The summed E-state index contributed by atoms with van der Waals surface area (Å²) in [5.41, 5.74) is 4.73. The van der Waals surface area contributed by atoms with Gasteiger partial charge >= 0.3 is 5.97 Å². The van der Waals surface area contributed by atoms with Gasteiger partial charge in [0.25, 0.3) is 5.91 Å². The molecule has 2 heterocycles. The summed E-state index contributed by atoms with van der Waals surface area (Å²) >= 11 is 0. The molecular weight excluding hydrogens is 456 g/mol. The van der Waals surface area contributed by atoms with Gasteiger partial charge in [0, 0.05) is 19.0 Å². The molecule has 0 radical (unpaired) electrons. The third kappa shape index (κ3) is 4.73. The van der Waals surface area contributed by atoms with E-state index in [-0.39, 0.29) is 12.5 Å². The van der Waals surface area contributed by atoms with Crippen LogP contribution < -0.4 is 4.74 Å². The minimum atomic E-state index is -0.521. The highest BCUT2D eigenvalue weighted by Gasteiger charge is 2.28. The maximum atomic E-state index is 13.3. The molecule has 0 saturated heterocycles. The second kappa shape index (κ2) is 10.1. The second-order valence-corrected chi connectivity index (χ2v) is 8.69. The fraction of sp³-hybridized carbons (Fsp3) is 0.207. The number of hydrogen-bond acceptors (Lipinski definition) is 6. The summed E-state index contributed by atoms with van der Waals surface area (Å²) in [5.74, 6) is 0.645. The number of para-hydroxylation sites is 1. The van der Waals surface area contributed by atoms with Crippen LogP contribution in [0.2, 0.25) is 0 Å². The fourth-order valence-electron chi connectivity index (χ4n) is 4.50. The topological polar surface area (TPSA) is 81.9 Å². The SMILES string of the molecule is COc1cccc(CN(C)C(=O)COC(=O)c2c3c(nc4ccccc24)/C(=C/c2ccco2)CC3)c1. The molecule has 0 bridgehead atoms. The molecule has 0 atom stereocenters. The molecule has 7 heteroatoms. The van der Waals surface area contributed by atoms with E-state index in [1.165, 1.54) is 4.90 Å². The minimum absolute atomic E-state index is 0.292. The maximum Gasteiger partial charge on any atom is 0.339 e. The van der Waals surface area contributed by atoms with Crippen LogP contribution in [0.4, 0.5) is 0 Å². The molecule has 1 aliphatic rings. The van der Waals surface area contributed by atoms with E-state index in [4.69, 9.17) is 18.9 Å². The molecule has 36 heavy (non-hydrogen) atoms. The van der Waals surface area contributed by atoms with Crippen molar-refractivity contribution in [2.24, 2.45) is 0 Å². The molecule has 0 fully saturated rings. The number of ether oxygens (including phenoxy) is 2. The van der Waals surface area contributed by atoms with Crippen molar-refractivity contribution in [3.63, 3.8) is 0 Å². The molecule has 0 spiro atoms. The average Bonchev–Trinajstić information content (AvgIpc) is 3.56. The van der Waals surface area contributed by atoms with Crippen LogP contribution in [0.25, 0.3) is 22.6 Å². The third-order valence-electron chi connectivity index (χ3n) is 6.31. The second-order valence-electron chi connectivity index (χ2n) is 8.69. The number of carbonyl (C=O) groups is 2. The standard InChI is InChI=1S/C29H26N2O5/c1-31(17-19-7-5-8-21(15-19)34-2)26(32)18-36-29(33)27-23-10-3-4-11-25(23)30-28-20(12-13-24(27)28)16-22-9-6-14-35-22/h3-11,14-16H,12-13,17-18H2,1-2H3/b20-16+. The van der Waals surface area contributed by atoms with Gasteiger partial charge in [-0.2, -0.15) is 0 Å². The number of nitrogens with zero attached hydrogens (tertiary/aromatic N) is 2. The number of rotatable bonds is 7. The number of methoxy groups -OCH3 is 1. The average molecular weight is 483 g/mol. The van der Waals surface area contributed by atoms with Gasteiger partial charge in [0.05, 0.1) is 30.1 Å². The van der Waals surface area contributed by atoms with Gasteiger partial charge in [-0.05, 0) is 65.9 Å². The monoisotopic (exact) mass is 482 g/mol. The first-order valence-corrected chi connectivity index (χ1v) is 11.7. The third-order valence-corrected chi connectivity index (χ3v) is 6.31. The number of hydrogen-bond donors (Lipinski definition) is 0. The largest absolute Gasteiger partial charge is 0.497 e. The van der Waals surface area contributed by atoms with Crippen LogP contribution in [-0.4, -0.2) is 42.5 Å². The van der Waals surface area contributed by atoms with Crippen LogP contribution in [0.15, 0.2) is 71.3 Å². The van der Waals surface area contributed by atoms with Gasteiger partial charge in [-0.15, -0.1) is 0 Å². The lowest BCUT2D eigenvalue weighted by atomic mass is 10.0. The highest BCUT2D eigenvalue weighted by molar-refractivity contribution is 6.07. The predicted octanol–water partition coefficient (Wildman–Crippen LogP) is 5.14. The molecule has 2 aromatic heterocycles. The number of allylic oxidation sites excluding steroid dienone is 1. The summed E-state index contributed by atoms with van der Waals surface area (Å²) in [6.07, 6.45) is 4.98. The van der Waals surface area contributed by atoms with Gasteiger partial charge in [-0.3, -0.25) is 4.79 Å². The van der Waals surface area contributed by atoms with E-state index < -0.39 is 5.97 Å². The molecule has 0 saturated carbocycles. The first-order valence-electron chi connectivity index (χ1n) is 11.7. The Morgan fingerprint density at radius 1 is 1.08 bits per heavy atom. The van der Waals surface area contributed by atoms with Crippen LogP contribution in [0, 0.1) is 0 Å². The Morgan fingerprint density at radius 3 is 2.75 bits per heavy atom. The van der Waals surface area contributed by atoms with Crippen LogP contribution in [-0.2, 0) is 22.5 Å². The number of likely N-dealkylation sites (N-methyl/N-ethyl adjacent to an activating group) is 1. The van der Waals surface area contributed by atoms with Crippen molar-refractivity contribution in [1.82, 2.24) is 9.88 Å². The van der Waals surface area contributed by atoms with Crippen LogP contribution >= 0.6 is 0 Å². The van der Waals surface area contributed by atoms with E-state index in [1.54, 1.807) is 20.4 Å². The smallest absolute Gasteiger partial charge is 0.339 e. The van der Waals surface area contributed by atoms with Gasteiger partial charge < -0.3 is 18.8 Å². The van der Waals surface area contributed by atoms with Crippen LogP contribution in [0.3, 0.4) is 0 Å². The summed E-state index contributed by atoms with van der Waals surface area (Å²) in [6.45, 7) is 0.0297. The van der Waals surface area contributed by atoms with Crippen LogP contribution in [0.1, 0.15) is 39.4 Å². The number of furan rings is 1. The van der Waals surface area contributed by atoms with Crippen molar-refractivity contribution >= 4 is 34.4 Å². The first-order chi connectivity index (χ1) is 17.5. The Morgan fingerprint density at radius 2 is 1.94 bits per heavy atom. The van der Waals surface area contributed by atoms with E-state index in [0.29, 0.717) is 24.0 Å². The molecule has 0 N–H and O–H groups in total. The molecule has 182 valence electrons. The zero-order valence-corrected chi connectivity index (χ0v) is 20.2. The van der Waals surface area contributed by atoms with Crippen molar-refractivity contribution in [2.45, 2.75) is 19.4 Å². The summed E-state index contributed by atoms with van der Waals surface area (Å²) < 4.78 is 16.3. The first kappa shape index (κ1) is 23.4. The zero-order chi connectivity index (χ0) is 25.1. The number of fused-ring (bicyclic) bond motifs is 2. The van der Waals surface area contributed by atoms with Crippen LogP contribution in [0.5, 0.6) is 5.75 Å². The lowest BCUT2D eigenvalue weighted by molar-refractivity contribution is -0.133. The molecule has 0 aliphatic heterocycles. The number of carbonyl (C=O) groups excluding carboxylic acids is 2. The van der Waals surface area contributed by atoms with Crippen molar-refractivity contribution in [3.05, 3.63) is 95.1 Å². The summed E-state index contributed by atoms with van der Waals surface area (Å²) in [5, 5.41) is 0.720. The van der Waals surface area contributed by atoms with Gasteiger partial charge in [-0.25, -0.2) is 9.78 Å². The summed E-state index contributed by atoms with van der Waals surface area (Å²) in [7, 11) is 3.28. The molecule has 1 amide bonds. The molecule has 7 nitrogen and oxygen atoms in total. The number of benzene rings is 2. The van der Waals surface area contributed by atoms with E-state index in [1.807, 2.05) is 66.7 Å². The zero-order valence-electron chi connectivity index (χ0n) is 20.2. The number of amides is 1. The number of esters is 1. The molecule has 1 aliphatic carbocycles. The van der Waals surface area contributed by atoms with Gasteiger partial charge in [0.1, 0.15) is 11.5 Å². The van der Waals surface area contributed by atoms with Crippen molar-refractivity contribution in [3.8, 4) is 5.75 Å². The number of pyridine rings is 1. The summed E-state index contributed by atoms with van der Waals surface area (Å²) in [4.78, 5) is 32.5. The summed E-state index contributed by atoms with van der Waals surface area (Å²) in [6, 6.07) is 18.7. The van der Waals surface area contributed by atoms with Gasteiger partial charge in [-0.1, -0.05) is 30.3 Å². The Kier molecular flexibility index (Phi) is 6.54. The Balaban J connectivity index is 1.37. The molecule has 5 rings (SSSR count). The fourth-order valence-corrected chi connectivity index (χ4v) is 4.50. The van der Waals surface area contributed by atoms with Crippen molar-refractivity contribution in [1.29, 1.82) is 0 Å². The van der Waals surface area contributed by atoms with Gasteiger partial charge in [0.2, 0.25) is 0 Å². The van der Waals surface area contributed by atoms with Gasteiger partial charge in [0.15, 0.2) is 6.61 Å². The Bertz CT molecular complexity index is 1460. The molecule has 4 aromatic rings. The highest BCUT2D eigenvalue weighted by atomic mass is 16.5. The Labute approximate surface area is 209 Å². The van der Waals surface area contributed by atoms with E-state index in [0.717, 1.165) is 45.7 Å². The molecule has 2 aromatic carbocycles. The molecular formula is C29H26N2O5. The normalized spacial score (nSPS) is 13.6. The van der Waals surface area contributed by atoms with E-state index in [2.05, 4.69) is 0 Å². The predicted molar refractivity (Wildman–Crippen MR) is 136 cm³/mol. The minimum Gasteiger partial charge on any atom is -0.497 e. The van der Waals surface area contributed by atoms with E-state index >= 15 is 0 Å². The maximum absolute atomic E-state index is 13.3.